The fourth-order valence-corrected chi connectivity index (χ4v) is 3.53. The predicted molar refractivity (Wildman–Crippen MR) is 63.8 cm³/mol. The highest BCUT2D eigenvalue weighted by molar-refractivity contribution is 7.89. The molecule has 1 aliphatic rings. The van der Waals surface area contributed by atoms with E-state index in [1.807, 2.05) is 0 Å². The molecule has 1 saturated carbocycles. The van der Waals surface area contributed by atoms with Crippen LogP contribution in [0.2, 0.25) is 0 Å². The van der Waals surface area contributed by atoms with E-state index in [9.17, 15) is 8.42 Å². The number of nitrogens with zero attached hydrogens (tertiary/aromatic N) is 2. The van der Waals surface area contributed by atoms with Gasteiger partial charge in [-0.2, -0.15) is 5.10 Å². The average Bonchev–Trinajstić information content (AvgIpc) is 2.62. The highest BCUT2D eigenvalue weighted by Gasteiger charge is 2.31. The largest absolute Gasteiger partial charge is 0.328 e. The van der Waals surface area contributed by atoms with Crippen molar-refractivity contribution in [1.29, 1.82) is 0 Å². The molecule has 0 aromatic carbocycles. The number of hydrogen-bond acceptors (Lipinski definition) is 4. The third-order valence-corrected chi connectivity index (χ3v) is 5.20. The van der Waals surface area contributed by atoms with Crippen molar-refractivity contribution < 1.29 is 8.42 Å². The number of aromatic nitrogens is 2. The quantitative estimate of drug-likeness (QED) is 0.799. The summed E-state index contributed by atoms with van der Waals surface area (Å²) >= 11 is 0. The van der Waals surface area contributed by atoms with Gasteiger partial charge in [0.25, 0.3) is 0 Å². The van der Waals surface area contributed by atoms with Gasteiger partial charge in [0.05, 0.1) is 11.9 Å². The van der Waals surface area contributed by atoms with Gasteiger partial charge in [-0.15, -0.1) is 0 Å². The van der Waals surface area contributed by atoms with Crippen LogP contribution in [0.4, 0.5) is 0 Å². The first-order valence-corrected chi connectivity index (χ1v) is 7.07. The molecule has 0 aliphatic heterocycles. The molecule has 2 rings (SSSR count). The van der Waals surface area contributed by atoms with Gasteiger partial charge in [0.1, 0.15) is 4.90 Å². The molecular formula is C10H18N4O2S. The summed E-state index contributed by atoms with van der Waals surface area (Å²) in [6.07, 6.45) is 3.17. The van der Waals surface area contributed by atoms with Crippen LogP contribution in [0.5, 0.6) is 0 Å². The third kappa shape index (κ3) is 2.36. The SMILES string of the molecule is Cc1[nH]ncc1S(=O)(=O)N(C)CC1CC(N)C1. The van der Waals surface area contributed by atoms with E-state index in [0.29, 0.717) is 18.2 Å². The fraction of sp³-hybridized carbons (Fsp3) is 0.700. The number of aromatic amines is 1. The maximum Gasteiger partial charge on any atom is 0.246 e. The van der Waals surface area contributed by atoms with Crippen LogP contribution in [0.1, 0.15) is 18.5 Å². The first-order chi connectivity index (χ1) is 7.91. The number of sulfonamides is 1. The lowest BCUT2D eigenvalue weighted by atomic mass is 9.81. The summed E-state index contributed by atoms with van der Waals surface area (Å²) in [6.45, 7) is 2.23. The van der Waals surface area contributed by atoms with Gasteiger partial charge in [-0.25, -0.2) is 12.7 Å². The molecule has 6 nitrogen and oxygen atoms in total. The molecule has 1 aromatic heterocycles. The van der Waals surface area contributed by atoms with Gasteiger partial charge < -0.3 is 5.73 Å². The topological polar surface area (TPSA) is 92.1 Å². The molecule has 1 heterocycles. The minimum atomic E-state index is -3.42. The molecule has 1 aliphatic carbocycles. The lowest BCUT2D eigenvalue weighted by Crippen LogP contribution is -2.43. The van der Waals surface area contributed by atoms with Crippen LogP contribution < -0.4 is 5.73 Å². The van der Waals surface area contributed by atoms with Crippen LogP contribution in [0, 0.1) is 12.8 Å². The van der Waals surface area contributed by atoms with Crippen molar-refractivity contribution in [3.05, 3.63) is 11.9 Å². The van der Waals surface area contributed by atoms with E-state index in [4.69, 9.17) is 5.73 Å². The number of rotatable bonds is 4. The Morgan fingerprint density at radius 3 is 2.71 bits per heavy atom. The first kappa shape index (κ1) is 12.5. The smallest absolute Gasteiger partial charge is 0.246 e. The van der Waals surface area contributed by atoms with E-state index in [1.54, 1.807) is 14.0 Å². The second kappa shape index (κ2) is 4.40. The van der Waals surface area contributed by atoms with E-state index in [1.165, 1.54) is 10.5 Å². The van der Waals surface area contributed by atoms with Crippen LogP contribution in [0.25, 0.3) is 0 Å². The summed E-state index contributed by atoms with van der Waals surface area (Å²) < 4.78 is 25.8. The highest BCUT2D eigenvalue weighted by atomic mass is 32.2. The molecule has 96 valence electrons. The molecule has 0 unspecified atom stereocenters. The standard InChI is InChI=1S/C10H18N4O2S/c1-7-10(5-12-13-7)17(15,16)14(2)6-8-3-9(11)4-8/h5,8-9H,3-4,6,11H2,1-2H3,(H,12,13). The number of H-pyrrole nitrogens is 1. The van der Waals surface area contributed by atoms with Crippen molar-refractivity contribution in [1.82, 2.24) is 14.5 Å². The molecule has 3 N–H and O–H groups in total. The van der Waals surface area contributed by atoms with Gasteiger partial charge in [-0.1, -0.05) is 0 Å². The second-order valence-corrected chi connectivity index (χ2v) is 6.76. The third-order valence-electron chi connectivity index (χ3n) is 3.26. The molecule has 1 fully saturated rings. The monoisotopic (exact) mass is 258 g/mol. The minimum Gasteiger partial charge on any atom is -0.328 e. The van der Waals surface area contributed by atoms with Crippen LogP contribution in [-0.2, 0) is 10.0 Å². The Hall–Kier alpha value is -0.920. The Morgan fingerprint density at radius 2 is 2.24 bits per heavy atom. The van der Waals surface area contributed by atoms with Crippen LogP contribution in [0.15, 0.2) is 11.1 Å². The van der Waals surface area contributed by atoms with E-state index in [2.05, 4.69) is 10.2 Å². The fourth-order valence-electron chi connectivity index (χ4n) is 2.17. The Balaban J connectivity index is 2.08. The van der Waals surface area contributed by atoms with Gasteiger partial charge >= 0.3 is 0 Å². The van der Waals surface area contributed by atoms with Gasteiger partial charge in [0.2, 0.25) is 10.0 Å². The molecule has 1 aromatic rings. The number of nitrogens with one attached hydrogen (secondary N) is 1. The highest BCUT2D eigenvalue weighted by Crippen LogP contribution is 2.28. The molecular weight excluding hydrogens is 240 g/mol. The van der Waals surface area contributed by atoms with E-state index in [0.717, 1.165) is 12.8 Å². The average molecular weight is 258 g/mol. The van der Waals surface area contributed by atoms with Crippen molar-refractivity contribution in [2.45, 2.75) is 30.7 Å². The Kier molecular flexibility index (Phi) is 3.24. The number of nitrogens with two attached hydrogens (primary N) is 1. The van der Waals surface area contributed by atoms with Crippen molar-refractivity contribution in [3.63, 3.8) is 0 Å². The van der Waals surface area contributed by atoms with Crippen molar-refractivity contribution >= 4 is 10.0 Å². The molecule has 0 saturated heterocycles. The summed E-state index contributed by atoms with van der Waals surface area (Å²) in [7, 11) is -1.81. The maximum absolute atomic E-state index is 12.2. The first-order valence-electron chi connectivity index (χ1n) is 5.63. The Morgan fingerprint density at radius 1 is 1.59 bits per heavy atom. The molecule has 0 spiro atoms. The van der Waals surface area contributed by atoms with Crippen molar-refractivity contribution in [2.75, 3.05) is 13.6 Å². The maximum atomic E-state index is 12.2. The number of hydrogen-bond donors (Lipinski definition) is 2. The summed E-state index contributed by atoms with van der Waals surface area (Å²) in [5.74, 6) is 0.386. The Labute approximate surface area is 101 Å². The van der Waals surface area contributed by atoms with Crippen LogP contribution >= 0.6 is 0 Å². The zero-order valence-corrected chi connectivity index (χ0v) is 10.9. The lowest BCUT2D eigenvalue weighted by molar-refractivity contribution is 0.227. The molecule has 0 bridgehead atoms. The van der Waals surface area contributed by atoms with Crippen molar-refractivity contribution in [2.24, 2.45) is 11.7 Å². The summed E-state index contributed by atoms with van der Waals surface area (Å²) in [5, 5.41) is 6.39. The van der Waals surface area contributed by atoms with Gasteiger partial charge in [0.15, 0.2) is 0 Å². The van der Waals surface area contributed by atoms with E-state index >= 15 is 0 Å². The normalized spacial score (nSPS) is 24.9. The minimum absolute atomic E-state index is 0.242. The molecule has 17 heavy (non-hydrogen) atoms. The summed E-state index contributed by atoms with van der Waals surface area (Å²) in [5.41, 5.74) is 6.26. The Bertz CT molecular complexity index is 490. The van der Waals surface area contributed by atoms with Crippen LogP contribution in [0.3, 0.4) is 0 Å². The second-order valence-electron chi connectivity index (χ2n) is 4.74. The van der Waals surface area contributed by atoms with E-state index in [-0.39, 0.29) is 10.9 Å². The number of aryl methyl sites for hydroxylation is 1. The predicted octanol–water partition coefficient (Wildman–Crippen LogP) is 0.0759. The lowest BCUT2D eigenvalue weighted by Gasteiger charge is -2.34. The summed E-state index contributed by atoms with van der Waals surface area (Å²) in [6, 6.07) is 0.242. The van der Waals surface area contributed by atoms with Gasteiger partial charge in [-0.05, 0) is 25.7 Å². The molecule has 7 heteroatoms. The van der Waals surface area contributed by atoms with E-state index < -0.39 is 10.0 Å². The zero-order chi connectivity index (χ0) is 12.6. The van der Waals surface area contributed by atoms with Crippen molar-refractivity contribution in [3.8, 4) is 0 Å². The van der Waals surface area contributed by atoms with Gasteiger partial charge in [-0.3, -0.25) is 5.10 Å². The molecule has 0 radical (unpaired) electrons. The molecule has 0 atom stereocenters. The molecule has 0 amide bonds. The zero-order valence-electron chi connectivity index (χ0n) is 10.0. The van der Waals surface area contributed by atoms with Gasteiger partial charge in [0, 0.05) is 19.6 Å². The van der Waals surface area contributed by atoms with Crippen LogP contribution in [-0.4, -0.2) is 42.6 Å². The summed E-state index contributed by atoms with van der Waals surface area (Å²) in [4.78, 5) is 0.253.